The topological polar surface area (TPSA) is 112 Å². The van der Waals surface area contributed by atoms with E-state index >= 15 is 0 Å². The summed E-state index contributed by atoms with van der Waals surface area (Å²) in [4.78, 5) is 38.9. The van der Waals surface area contributed by atoms with Gasteiger partial charge in [-0.3, -0.25) is 15.1 Å². The monoisotopic (exact) mass is 475 g/mol. The number of hydrogen-bond donors (Lipinski definition) is 3. The van der Waals surface area contributed by atoms with Gasteiger partial charge < -0.3 is 15.5 Å². The highest BCUT2D eigenvalue weighted by atomic mass is 32.1. The number of imide groups is 1. The van der Waals surface area contributed by atoms with Gasteiger partial charge in [0.05, 0.1) is 17.1 Å². The summed E-state index contributed by atoms with van der Waals surface area (Å²) in [7, 11) is 0. The number of amides is 3. The molecule has 2 aliphatic rings. The van der Waals surface area contributed by atoms with E-state index in [0.717, 1.165) is 56.0 Å². The molecule has 3 aromatic rings. The van der Waals surface area contributed by atoms with Crippen molar-refractivity contribution in [3.8, 4) is 11.3 Å². The van der Waals surface area contributed by atoms with Crippen LogP contribution in [0.4, 0.5) is 10.7 Å². The number of anilines is 1. The molecule has 3 aromatic heterocycles. The minimum absolute atomic E-state index is 0.190. The summed E-state index contributed by atoms with van der Waals surface area (Å²) < 4.78 is 0. The fraction of sp³-hybridized carbons (Fsp3) is 0.292. The van der Waals surface area contributed by atoms with Gasteiger partial charge in [-0.2, -0.15) is 11.3 Å². The summed E-state index contributed by atoms with van der Waals surface area (Å²) in [5, 5.41) is 12.4. The lowest BCUT2D eigenvalue weighted by molar-refractivity contribution is -0.115. The normalized spacial score (nSPS) is 17.8. The molecule has 3 amide bonds. The molecule has 5 rings (SSSR count). The summed E-state index contributed by atoms with van der Waals surface area (Å²) in [5.74, 6) is 0.769. The SMILES string of the molecule is O=C1NC(=O)/C(=C\c2ccnc(N3CCC(CNCc4cccc(-c5ccsc5)n4)CC3)n2)N1. The first kappa shape index (κ1) is 22.2. The molecule has 0 aromatic carbocycles. The van der Waals surface area contributed by atoms with Crippen LogP contribution in [0.3, 0.4) is 0 Å². The number of pyridine rings is 1. The van der Waals surface area contributed by atoms with E-state index in [1.807, 2.05) is 6.07 Å². The van der Waals surface area contributed by atoms with Crippen molar-refractivity contribution in [3.63, 3.8) is 0 Å². The van der Waals surface area contributed by atoms with E-state index in [2.05, 4.69) is 59.8 Å². The average Bonchev–Trinajstić information content (AvgIpc) is 3.50. The number of nitrogens with one attached hydrogen (secondary N) is 3. The van der Waals surface area contributed by atoms with Crippen molar-refractivity contribution in [1.82, 2.24) is 30.9 Å². The number of piperidine rings is 1. The van der Waals surface area contributed by atoms with Gasteiger partial charge in [-0.1, -0.05) is 6.07 Å². The van der Waals surface area contributed by atoms with Crippen molar-refractivity contribution in [3.05, 3.63) is 64.4 Å². The zero-order chi connectivity index (χ0) is 23.3. The van der Waals surface area contributed by atoms with Gasteiger partial charge in [0.2, 0.25) is 5.95 Å². The predicted molar refractivity (Wildman–Crippen MR) is 131 cm³/mol. The molecule has 0 saturated carbocycles. The molecule has 174 valence electrons. The van der Waals surface area contributed by atoms with Gasteiger partial charge in [-0.05, 0) is 61.0 Å². The third-order valence-corrected chi connectivity index (χ3v) is 6.62. The van der Waals surface area contributed by atoms with Crippen molar-refractivity contribution in [2.45, 2.75) is 19.4 Å². The Hall–Kier alpha value is -3.63. The van der Waals surface area contributed by atoms with E-state index in [1.165, 1.54) is 0 Å². The Morgan fingerprint density at radius 1 is 1.12 bits per heavy atom. The number of aromatic nitrogens is 3. The highest BCUT2D eigenvalue weighted by Gasteiger charge is 2.24. The Labute approximate surface area is 201 Å². The van der Waals surface area contributed by atoms with Crippen molar-refractivity contribution in [2.24, 2.45) is 5.92 Å². The van der Waals surface area contributed by atoms with Crippen LogP contribution in [0.1, 0.15) is 24.2 Å². The minimum Gasteiger partial charge on any atom is -0.341 e. The molecule has 0 atom stereocenters. The van der Waals surface area contributed by atoms with Gasteiger partial charge in [0.1, 0.15) is 5.70 Å². The van der Waals surface area contributed by atoms with Crippen molar-refractivity contribution in [1.29, 1.82) is 0 Å². The summed E-state index contributed by atoms with van der Waals surface area (Å²) in [6.45, 7) is 3.44. The molecular formula is C24H25N7O2S. The van der Waals surface area contributed by atoms with Crippen molar-refractivity contribution in [2.75, 3.05) is 24.5 Å². The van der Waals surface area contributed by atoms with E-state index in [9.17, 15) is 9.59 Å². The molecule has 2 fully saturated rings. The van der Waals surface area contributed by atoms with Gasteiger partial charge in [0.25, 0.3) is 5.91 Å². The largest absolute Gasteiger partial charge is 0.341 e. The van der Waals surface area contributed by atoms with Crippen LogP contribution in [0.5, 0.6) is 0 Å². The highest BCUT2D eigenvalue weighted by Crippen LogP contribution is 2.22. The lowest BCUT2D eigenvalue weighted by Gasteiger charge is -2.32. The molecule has 34 heavy (non-hydrogen) atoms. The molecular weight excluding hydrogens is 450 g/mol. The predicted octanol–water partition coefficient (Wildman–Crippen LogP) is 2.79. The van der Waals surface area contributed by atoms with E-state index in [1.54, 1.807) is 29.7 Å². The Morgan fingerprint density at radius 3 is 2.76 bits per heavy atom. The fourth-order valence-corrected chi connectivity index (χ4v) is 4.77. The summed E-state index contributed by atoms with van der Waals surface area (Å²) >= 11 is 1.68. The first-order chi connectivity index (χ1) is 16.6. The Morgan fingerprint density at radius 2 is 2.00 bits per heavy atom. The maximum Gasteiger partial charge on any atom is 0.326 e. The van der Waals surface area contributed by atoms with Crippen LogP contribution in [0.2, 0.25) is 0 Å². The first-order valence-corrected chi connectivity index (χ1v) is 12.2. The second-order valence-corrected chi connectivity index (χ2v) is 9.12. The number of rotatable bonds is 7. The lowest BCUT2D eigenvalue weighted by atomic mass is 9.97. The molecule has 0 unspecified atom stereocenters. The molecule has 9 nitrogen and oxygen atoms in total. The van der Waals surface area contributed by atoms with Crippen LogP contribution < -0.4 is 20.9 Å². The summed E-state index contributed by atoms with van der Waals surface area (Å²) in [5.41, 5.74) is 4.00. The molecule has 0 aliphatic carbocycles. The molecule has 2 saturated heterocycles. The molecule has 0 bridgehead atoms. The molecule has 3 N–H and O–H groups in total. The standard InChI is InChI=1S/C24H25N7O2S/c32-22-21(29-24(33)30-22)12-18-4-8-26-23(28-18)31-9-5-16(6-10-31)13-25-14-19-2-1-3-20(27-19)17-7-11-34-15-17/h1-4,7-8,11-12,15-16,25H,5-6,9-10,13-14H2,(H2,29,30,32,33)/b21-12+. The molecule has 2 aliphatic heterocycles. The van der Waals surface area contributed by atoms with E-state index in [-0.39, 0.29) is 5.70 Å². The maximum atomic E-state index is 11.7. The number of urea groups is 1. The van der Waals surface area contributed by atoms with Crippen LogP contribution in [0.25, 0.3) is 17.3 Å². The van der Waals surface area contributed by atoms with Crippen LogP contribution >= 0.6 is 11.3 Å². The fourth-order valence-electron chi connectivity index (χ4n) is 4.12. The second kappa shape index (κ2) is 10.1. The third-order valence-electron chi connectivity index (χ3n) is 5.94. The van der Waals surface area contributed by atoms with Gasteiger partial charge >= 0.3 is 6.03 Å². The lowest BCUT2D eigenvalue weighted by Crippen LogP contribution is -2.38. The number of nitrogens with zero attached hydrogens (tertiary/aromatic N) is 4. The zero-order valence-corrected chi connectivity index (χ0v) is 19.3. The summed E-state index contributed by atoms with van der Waals surface area (Å²) in [6.07, 6.45) is 5.32. The van der Waals surface area contributed by atoms with Gasteiger partial charge in [-0.15, -0.1) is 0 Å². The van der Waals surface area contributed by atoms with E-state index in [4.69, 9.17) is 4.98 Å². The minimum atomic E-state index is -0.521. The maximum absolute atomic E-state index is 11.7. The van der Waals surface area contributed by atoms with Crippen LogP contribution in [0, 0.1) is 5.92 Å². The second-order valence-electron chi connectivity index (χ2n) is 8.34. The Kier molecular flexibility index (Phi) is 6.59. The number of hydrogen-bond acceptors (Lipinski definition) is 8. The van der Waals surface area contributed by atoms with Crippen molar-refractivity contribution < 1.29 is 9.59 Å². The molecule has 5 heterocycles. The first-order valence-electron chi connectivity index (χ1n) is 11.3. The summed E-state index contributed by atoms with van der Waals surface area (Å²) in [6, 6.07) is 9.46. The number of carbonyl (C=O) groups is 2. The van der Waals surface area contributed by atoms with Crippen molar-refractivity contribution >= 4 is 35.3 Å². The highest BCUT2D eigenvalue weighted by molar-refractivity contribution is 7.08. The van der Waals surface area contributed by atoms with Gasteiger partial charge in [0, 0.05) is 36.8 Å². The Bertz CT molecular complexity index is 1200. The molecule has 0 radical (unpaired) electrons. The average molecular weight is 476 g/mol. The van der Waals surface area contributed by atoms with Gasteiger partial charge in [-0.25, -0.2) is 14.8 Å². The Balaban J connectivity index is 1.11. The number of carbonyl (C=O) groups excluding carboxylic acids is 2. The van der Waals surface area contributed by atoms with Crippen LogP contribution in [-0.2, 0) is 11.3 Å². The number of thiophene rings is 1. The van der Waals surface area contributed by atoms with Crippen LogP contribution in [0.15, 0.2) is 53.0 Å². The molecule has 10 heteroatoms. The molecule has 0 spiro atoms. The van der Waals surface area contributed by atoms with E-state index < -0.39 is 11.9 Å². The quantitative estimate of drug-likeness (QED) is 0.356. The zero-order valence-electron chi connectivity index (χ0n) is 18.5. The van der Waals surface area contributed by atoms with E-state index in [0.29, 0.717) is 17.6 Å². The smallest absolute Gasteiger partial charge is 0.326 e. The van der Waals surface area contributed by atoms with Crippen LogP contribution in [-0.4, -0.2) is 46.5 Å². The van der Waals surface area contributed by atoms with Gasteiger partial charge in [0.15, 0.2) is 0 Å². The third kappa shape index (κ3) is 5.29.